The normalized spacial score (nSPS) is 13.1. The third-order valence-corrected chi connectivity index (χ3v) is 2.97. The van der Waals surface area contributed by atoms with Gasteiger partial charge in [0.2, 0.25) is 0 Å². The van der Waals surface area contributed by atoms with Crippen LogP contribution in [0.15, 0.2) is 18.2 Å². The summed E-state index contributed by atoms with van der Waals surface area (Å²) in [6, 6.07) is 6.54. The maximum atomic E-state index is 11.6. The maximum absolute atomic E-state index is 11.6. The van der Waals surface area contributed by atoms with Gasteiger partial charge in [0.05, 0.1) is 0 Å². The lowest BCUT2D eigenvalue weighted by Gasteiger charge is -2.20. The molecule has 0 saturated heterocycles. The molecule has 1 aliphatic carbocycles. The molecule has 18 heavy (non-hydrogen) atoms. The van der Waals surface area contributed by atoms with Crippen LogP contribution in [-0.4, -0.2) is 11.6 Å². The standard InChI is InChI=1S/C15H20O2.H3N/c1-15(2,3)17-14(16)9-5-11-4-6-12-7-8-13(12)10-11;/h4,6,10H,5,7-9H2,1-3H3;1H3. The highest BCUT2D eigenvalue weighted by Crippen LogP contribution is 2.24. The van der Waals surface area contributed by atoms with Gasteiger partial charge in [-0.25, -0.2) is 0 Å². The molecule has 0 fully saturated rings. The first-order chi connectivity index (χ1) is 7.94. The van der Waals surface area contributed by atoms with Gasteiger partial charge in [-0.05, 0) is 56.7 Å². The summed E-state index contributed by atoms with van der Waals surface area (Å²) in [4.78, 5) is 11.6. The molecule has 1 aliphatic rings. The van der Waals surface area contributed by atoms with E-state index in [2.05, 4.69) is 18.2 Å². The van der Waals surface area contributed by atoms with Crippen molar-refractivity contribution in [2.24, 2.45) is 0 Å². The van der Waals surface area contributed by atoms with Crippen molar-refractivity contribution in [2.45, 2.75) is 52.1 Å². The van der Waals surface area contributed by atoms with Crippen LogP contribution < -0.4 is 6.15 Å². The van der Waals surface area contributed by atoms with Gasteiger partial charge >= 0.3 is 5.97 Å². The van der Waals surface area contributed by atoms with E-state index in [1.807, 2.05) is 20.8 Å². The predicted octanol–water partition coefficient (Wildman–Crippen LogP) is 3.22. The quantitative estimate of drug-likeness (QED) is 0.837. The van der Waals surface area contributed by atoms with Gasteiger partial charge in [-0.1, -0.05) is 18.2 Å². The average Bonchev–Trinajstić information content (AvgIpc) is 2.15. The fraction of sp³-hybridized carbons (Fsp3) is 0.533. The van der Waals surface area contributed by atoms with Crippen molar-refractivity contribution in [1.29, 1.82) is 0 Å². The van der Waals surface area contributed by atoms with Crippen molar-refractivity contribution in [1.82, 2.24) is 6.15 Å². The molecule has 0 unspecified atom stereocenters. The Balaban J connectivity index is 0.00000162. The molecule has 1 aromatic carbocycles. The van der Waals surface area contributed by atoms with Crippen molar-refractivity contribution < 1.29 is 9.53 Å². The van der Waals surface area contributed by atoms with E-state index < -0.39 is 0 Å². The zero-order chi connectivity index (χ0) is 12.5. The van der Waals surface area contributed by atoms with Crippen molar-refractivity contribution in [3.05, 3.63) is 34.9 Å². The van der Waals surface area contributed by atoms with Crippen LogP contribution in [0, 0.1) is 0 Å². The minimum Gasteiger partial charge on any atom is -0.460 e. The topological polar surface area (TPSA) is 61.3 Å². The molecular weight excluding hydrogens is 226 g/mol. The molecule has 1 aromatic rings. The third kappa shape index (κ3) is 3.84. The van der Waals surface area contributed by atoms with Crippen LogP contribution in [-0.2, 0) is 28.8 Å². The lowest BCUT2D eigenvalue weighted by Crippen LogP contribution is -2.24. The highest BCUT2D eigenvalue weighted by molar-refractivity contribution is 5.70. The maximum Gasteiger partial charge on any atom is 0.306 e. The molecule has 0 aliphatic heterocycles. The Bertz CT molecular complexity index is 433. The van der Waals surface area contributed by atoms with Crippen molar-refractivity contribution in [3.63, 3.8) is 0 Å². The fourth-order valence-corrected chi connectivity index (χ4v) is 2.04. The minimum absolute atomic E-state index is 0. The second-order valence-corrected chi connectivity index (χ2v) is 5.69. The van der Waals surface area contributed by atoms with E-state index in [9.17, 15) is 4.79 Å². The first-order valence-corrected chi connectivity index (χ1v) is 6.26. The molecule has 0 atom stereocenters. The van der Waals surface area contributed by atoms with Crippen LogP contribution in [0.1, 0.15) is 43.9 Å². The Hall–Kier alpha value is -1.35. The van der Waals surface area contributed by atoms with Crippen LogP contribution in [0.2, 0.25) is 0 Å². The molecule has 2 rings (SSSR count). The smallest absolute Gasteiger partial charge is 0.306 e. The van der Waals surface area contributed by atoms with Crippen molar-refractivity contribution in [2.75, 3.05) is 0 Å². The summed E-state index contributed by atoms with van der Waals surface area (Å²) in [5.74, 6) is -0.111. The Morgan fingerprint density at radius 1 is 1.22 bits per heavy atom. The Morgan fingerprint density at radius 3 is 2.39 bits per heavy atom. The zero-order valence-corrected chi connectivity index (χ0v) is 11.6. The van der Waals surface area contributed by atoms with Gasteiger partial charge in [-0.3, -0.25) is 4.79 Å². The van der Waals surface area contributed by atoms with E-state index in [1.165, 1.54) is 29.5 Å². The number of esters is 1. The molecular formula is C15H23NO2. The average molecular weight is 249 g/mol. The Kier molecular flexibility index (Phi) is 4.52. The van der Waals surface area contributed by atoms with Gasteiger partial charge in [0.1, 0.15) is 5.60 Å². The number of hydrogen-bond acceptors (Lipinski definition) is 3. The second kappa shape index (κ2) is 5.53. The molecule has 0 radical (unpaired) electrons. The van der Waals surface area contributed by atoms with Crippen molar-refractivity contribution >= 4 is 5.97 Å². The van der Waals surface area contributed by atoms with E-state index in [0.29, 0.717) is 6.42 Å². The molecule has 0 heterocycles. The van der Waals surface area contributed by atoms with Gasteiger partial charge in [0.15, 0.2) is 0 Å². The van der Waals surface area contributed by atoms with Crippen LogP contribution in [0.25, 0.3) is 0 Å². The zero-order valence-electron chi connectivity index (χ0n) is 11.6. The molecule has 3 heteroatoms. The van der Waals surface area contributed by atoms with E-state index in [4.69, 9.17) is 4.74 Å². The predicted molar refractivity (Wildman–Crippen MR) is 73.0 cm³/mol. The van der Waals surface area contributed by atoms with Gasteiger partial charge in [0, 0.05) is 6.42 Å². The minimum atomic E-state index is -0.377. The number of benzene rings is 1. The number of aryl methyl sites for hydroxylation is 3. The molecule has 3 N–H and O–H groups in total. The van der Waals surface area contributed by atoms with Gasteiger partial charge in [0.25, 0.3) is 0 Å². The van der Waals surface area contributed by atoms with Gasteiger partial charge in [-0.2, -0.15) is 0 Å². The van der Waals surface area contributed by atoms with Crippen LogP contribution in [0.4, 0.5) is 0 Å². The number of ether oxygens (including phenoxy) is 1. The monoisotopic (exact) mass is 249 g/mol. The van der Waals surface area contributed by atoms with E-state index in [1.54, 1.807) is 0 Å². The van der Waals surface area contributed by atoms with Gasteiger partial charge < -0.3 is 10.9 Å². The largest absolute Gasteiger partial charge is 0.460 e. The van der Waals surface area contributed by atoms with Gasteiger partial charge in [-0.15, -0.1) is 0 Å². The molecule has 0 aromatic heterocycles. The summed E-state index contributed by atoms with van der Waals surface area (Å²) < 4.78 is 5.29. The number of hydrogen-bond donors (Lipinski definition) is 1. The number of fused-ring (bicyclic) bond motifs is 1. The lowest BCUT2D eigenvalue weighted by atomic mass is 9.86. The summed E-state index contributed by atoms with van der Waals surface area (Å²) in [5.41, 5.74) is 3.78. The highest BCUT2D eigenvalue weighted by atomic mass is 16.6. The number of rotatable bonds is 3. The lowest BCUT2D eigenvalue weighted by molar-refractivity contribution is -0.154. The first-order valence-electron chi connectivity index (χ1n) is 6.26. The number of carbonyl (C=O) groups is 1. The Labute approximate surface area is 109 Å². The summed E-state index contributed by atoms with van der Waals surface area (Å²) in [5, 5.41) is 0. The third-order valence-electron chi connectivity index (χ3n) is 2.97. The highest BCUT2D eigenvalue weighted by Gasteiger charge is 2.17. The van der Waals surface area contributed by atoms with Crippen LogP contribution in [0.5, 0.6) is 0 Å². The number of carbonyl (C=O) groups excluding carboxylic acids is 1. The molecule has 0 amide bonds. The molecule has 3 nitrogen and oxygen atoms in total. The van der Waals surface area contributed by atoms with Crippen LogP contribution >= 0.6 is 0 Å². The van der Waals surface area contributed by atoms with Crippen molar-refractivity contribution in [3.8, 4) is 0 Å². The fourth-order valence-electron chi connectivity index (χ4n) is 2.04. The SMILES string of the molecule is CC(C)(C)OC(=O)CCc1ccc2c(c1)CC2.N. The summed E-state index contributed by atoms with van der Waals surface area (Å²) in [7, 11) is 0. The van der Waals surface area contributed by atoms with E-state index >= 15 is 0 Å². The second-order valence-electron chi connectivity index (χ2n) is 5.69. The first kappa shape index (κ1) is 14.7. The van der Waals surface area contributed by atoms with E-state index in [0.717, 1.165) is 6.42 Å². The Morgan fingerprint density at radius 2 is 1.89 bits per heavy atom. The summed E-state index contributed by atoms with van der Waals surface area (Å²) >= 11 is 0. The molecule has 0 saturated carbocycles. The molecule has 0 bridgehead atoms. The molecule has 0 spiro atoms. The molecule has 100 valence electrons. The van der Waals surface area contributed by atoms with Crippen LogP contribution in [0.3, 0.4) is 0 Å². The van der Waals surface area contributed by atoms with E-state index in [-0.39, 0.29) is 17.7 Å². The summed E-state index contributed by atoms with van der Waals surface area (Å²) in [6.07, 6.45) is 3.65. The summed E-state index contributed by atoms with van der Waals surface area (Å²) in [6.45, 7) is 5.70.